The van der Waals surface area contributed by atoms with Gasteiger partial charge < -0.3 is 9.73 Å². The number of para-hydroxylation sites is 1. The SMILES string of the molecule is CCNC(CCc1ccco1)Cc1nc2ccccc2s1. The summed E-state index contributed by atoms with van der Waals surface area (Å²) in [6.07, 6.45) is 4.76. The zero-order chi connectivity index (χ0) is 14.5. The Morgan fingerprint density at radius 2 is 2.14 bits per heavy atom. The van der Waals surface area contributed by atoms with Gasteiger partial charge in [0, 0.05) is 18.9 Å². The molecule has 1 unspecified atom stereocenters. The Balaban J connectivity index is 1.66. The number of benzene rings is 1. The van der Waals surface area contributed by atoms with Crippen LogP contribution in [0.2, 0.25) is 0 Å². The van der Waals surface area contributed by atoms with E-state index in [1.165, 1.54) is 9.71 Å². The monoisotopic (exact) mass is 300 g/mol. The maximum absolute atomic E-state index is 5.42. The van der Waals surface area contributed by atoms with E-state index in [-0.39, 0.29) is 0 Å². The summed E-state index contributed by atoms with van der Waals surface area (Å²) in [5.74, 6) is 1.06. The minimum atomic E-state index is 0.445. The van der Waals surface area contributed by atoms with Gasteiger partial charge in [-0.25, -0.2) is 4.98 Å². The number of rotatable bonds is 7. The summed E-state index contributed by atoms with van der Waals surface area (Å²) >= 11 is 1.80. The fourth-order valence-electron chi connectivity index (χ4n) is 2.55. The largest absolute Gasteiger partial charge is 0.469 e. The molecule has 0 fully saturated rings. The summed E-state index contributed by atoms with van der Waals surface area (Å²) in [5, 5.41) is 4.77. The lowest BCUT2D eigenvalue weighted by Crippen LogP contribution is -2.31. The number of aryl methyl sites for hydroxylation is 1. The molecule has 0 spiro atoms. The van der Waals surface area contributed by atoms with E-state index in [4.69, 9.17) is 9.40 Å². The van der Waals surface area contributed by atoms with E-state index in [2.05, 4.69) is 30.4 Å². The molecule has 110 valence electrons. The van der Waals surface area contributed by atoms with Crippen molar-refractivity contribution in [3.8, 4) is 0 Å². The quantitative estimate of drug-likeness (QED) is 0.715. The molecule has 21 heavy (non-hydrogen) atoms. The van der Waals surface area contributed by atoms with Gasteiger partial charge in [0.25, 0.3) is 0 Å². The number of hydrogen-bond donors (Lipinski definition) is 1. The van der Waals surface area contributed by atoms with Gasteiger partial charge in [-0.05, 0) is 37.2 Å². The van der Waals surface area contributed by atoms with E-state index in [1.54, 1.807) is 17.6 Å². The molecule has 0 aliphatic heterocycles. The highest BCUT2D eigenvalue weighted by atomic mass is 32.1. The van der Waals surface area contributed by atoms with E-state index in [0.29, 0.717) is 6.04 Å². The molecule has 2 heterocycles. The smallest absolute Gasteiger partial charge is 0.103 e. The van der Waals surface area contributed by atoms with Crippen LogP contribution in [0.15, 0.2) is 47.1 Å². The Morgan fingerprint density at radius 3 is 2.90 bits per heavy atom. The number of hydrogen-bond acceptors (Lipinski definition) is 4. The Kier molecular flexibility index (Phi) is 4.68. The molecular formula is C17H20N2OS. The first-order valence-corrected chi connectivity index (χ1v) is 8.27. The van der Waals surface area contributed by atoms with Gasteiger partial charge in [0.1, 0.15) is 5.76 Å². The van der Waals surface area contributed by atoms with Gasteiger partial charge in [-0.1, -0.05) is 19.1 Å². The zero-order valence-corrected chi connectivity index (χ0v) is 13.0. The van der Waals surface area contributed by atoms with Crippen molar-refractivity contribution in [2.45, 2.75) is 32.2 Å². The lowest BCUT2D eigenvalue weighted by Gasteiger charge is -2.15. The van der Waals surface area contributed by atoms with E-state index < -0.39 is 0 Å². The van der Waals surface area contributed by atoms with Crippen molar-refractivity contribution in [2.24, 2.45) is 0 Å². The van der Waals surface area contributed by atoms with Crippen LogP contribution >= 0.6 is 11.3 Å². The second-order valence-corrected chi connectivity index (χ2v) is 6.27. The van der Waals surface area contributed by atoms with Crippen molar-refractivity contribution < 1.29 is 4.42 Å². The first kappa shape index (κ1) is 14.3. The van der Waals surface area contributed by atoms with Gasteiger partial charge in [0.2, 0.25) is 0 Å². The second-order valence-electron chi connectivity index (χ2n) is 5.15. The van der Waals surface area contributed by atoms with Crippen LogP contribution in [0.3, 0.4) is 0 Å². The highest BCUT2D eigenvalue weighted by Gasteiger charge is 2.12. The van der Waals surface area contributed by atoms with Crippen molar-refractivity contribution in [1.82, 2.24) is 10.3 Å². The van der Waals surface area contributed by atoms with Crippen molar-refractivity contribution in [3.63, 3.8) is 0 Å². The first-order valence-electron chi connectivity index (χ1n) is 7.45. The van der Waals surface area contributed by atoms with Crippen LogP contribution in [0.1, 0.15) is 24.1 Å². The molecular weight excluding hydrogens is 280 g/mol. The standard InChI is InChI=1S/C17H20N2OS/c1-2-18-13(9-10-14-6-5-11-20-14)12-17-19-15-7-3-4-8-16(15)21-17/h3-8,11,13,18H,2,9-10,12H2,1H3. The molecule has 0 aliphatic carbocycles. The molecule has 1 aromatic carbocycles. The van der Waals surface area contributed by atoms with Gasteiger partial charge >= 0.3 is 0 Å². The molecule has 1 N–H and O–H groups in total. The zero-order valence-electron chi connectivity index (χ0n) is 12.2. The average molecular weight is 300 g/mol. The fraction of sp³-hybridized carbons (Fsp3) is 0.353. The third-order valence-corrected chi connectivity index (χ3v) is 4.63. The van der Waals surface area contributed by atoms with E-state index in [1.807, 2.05) is 18.2 Å². The number of furan rings is 1. The van der Waals surface area contributed by atoms with Crippen molar-refractivity contribution >= 4 is 21.6 Å². The maximum atomic E-state index is 5.42. The molecule has 0 bridgehead atoms. The number of thiazole rings is 1. The maximum Gasteiger partial charge on any atom is 0.103 e. The van der Waals surface area contributed by atoms with Gasteiger partial charge in [0.15, 0.2) is 0 Å². The molecule has 0 saturated heterocycles. The normalized spacial score (nSPS) is 12.8. The van der Waals surface area contributed by atoms with Gasteiger partial charge in [-0.3, -0.25) is 0 Å². The van der Waals surface area contributed by atoms with Crippen molar-refractivity contribution in [2.75, 3.05) is 6.54 Å². The lowest BCUT2D eigenvalue weighted by atomic mass is 10.1. The van der Waals surface area contributed by atoms with E-state index in [9.17, 15) is 0 Å². The lowest BCUT2D eigenvalue weighted by molar-refractivity contribution is 0.447. The highest BCUT2D eigenvalue weighted by molar-refractivity contribution is 7.18. The minimum absolute atomic E-state index is 0.445. The molecule has 0 aliphatic rings. The molecule has 0 radical (unpaired) electrons. The van der Waals surface area contributed by atoms with Crippen LogP contribution in [0, 0.1) is 0 Å². The Bertz CT molecular complexity index is 642. The number of aromatic nitrogens is 1. The number of fused-ring (bicyclic) bond motifs is 1. The van der Waals surface area contributed by atoms with Crippen LogP contribution in [0.25, 0.3) is 10.2 Å². The van der Waals surface area contributed by atoms with Crippen LogP contribution in [0.4, 0.5) is 0 Å². The van der Waals surface area contributed by atoms with Crippen molar-refractivity contribution in [1.29, 1.82) is 0 Å². The molecule has 4 heteroatoms. The summed E-state index contributed by atoms with van der Waals surface area (Å²) < 4.78 is 6.69. The predicted octanol–water partition coefficient (Wildman–Crippen LogP) is 4.04. The topological polar surface area (TPSA) is 38.1 Å². The molecule has 3 rings (SSSR count). The fourth-order valence-corrected chi connectivity index (χ4v) is 3.60. The summed E-state index contributed by atoms with van der Waals surface area (Å²) in [6, 6.07) is 12.8. The molecule has 3 aromatic rings. The summed E-state index contributed by atoms with van der Waals surface area (Å²) in [6.45, 7) is 3.13. The molecule has 2 aromatic heterocycles. The van der Waals surface area contributed by atoms with Crippen molar-refractivity contribution in [3.05, 3.63) is 53.4 Å². The minimum Gasteiger partial charge on any atom is -0.469 e. The average Bonchev–Trinajstić information content (AvgIpc) is 3.13. The summed E-state index contributed by atoms with van der Waals surface area (Å²) in [4.78, 5) is 4.73. The Labute approximate surface area is 129 Å². The third-order valence-electron chi connectivity index (χ3n) is 3.57. The van der Waals surface area contributed by atoms with Crippen LogP contribution in [-0.2, 0) is 12.8 Å². The molecule has 3 nitrogen and oxygen atoms in total. The Hall–Kier alpha value is -1.65. The number of likely N-dealkylation sites (N-methyl/N-ethyl adjacent to an activating group) is 1. The second kappa shape index (κ2) is 6.87. The molecule has 1 atom stereocenters. The third kappa shape index (κ3) is 3.71. The van der Waals surface area contributed by atoms with Crippen LogP contribution in [-0.4, -0.2) is 17.6 Å². The summed E-state index contributed by atoms with van der Waals surface area (Å²) in [5.41, 5.74) is 1.11. The first-order chi connectivity index (χ1) is 10.3. The number of nitrogens with zero attached hydrogens (tertiary/aromatic N) is 1. The van der Waals surface area contributed by atoms with Gasteiger partial charge in [-0.2, -0.15) is 0 Å². The summed E-state index contributed by atoms with van der Waals surface area (Å²) in [7, 11) is 0. The highest BCUT2D eigenvalue weighted by Crippen LogP contribution is 2.23. The predicted molar refractivity (Wildman–Crippen MR) is 87.8 cm³/mol. The van der Waals surface area contributed by atoms with E-state index in [0.717, 1.165) is 37.1 Å². The Morgan fingerprint density at radius 1 is 1.24 bits per heavy atom. The molecule has 0 amide bonds. The number of nitrogens with one attached hydrogen (secondary N) is 1. The van der Waals surface area contributed by atoms with Crippen LogP contribution in [0.5, 0.6) is 0 Å². The van der Waals surface area contributed by atoms with Gasteiger partial charge in [-0.15, -0.1) is 11.3 Å². The van der Waals surface area contributed by atoms with E-state index >= 15 is 0 Å². The molecule has 0 saturated carbocycles. The van der Waals surface area contributed by atoms with Crippen LogP contribution < -0.4 is 5.32 Å². The van der Waals surface area contributed by atoms with Gasteiger partial charge in [0.05, 0.1) is 21.5 Å².